The van der Waals surface area contributed by atoms with Gasteiger partial charge in [0.05, 0.1) is 5.01 Å². The molecule has 0 aromatic carbocycles. The summed E-state index contributed by atoms with van der Waals surface area (Å²) in [7, 11) is 0. The average molecular weight is 238 g/mol. The molecule has 0 saturated heterocycles. The number of hydrogen-bond donors (Lipinski definition) is 1. The number of rotatable bonds is 3. The summed E-state index contributed by atoms with van der Waals surface area (Å²) < 4.78 is 0. The van der Waals surface area contributed by atoms with Crippen molar-refractivity contribution in [3.63, 3.8) is 0 Å². The normalized spacial score (nSPS) is 30.6. The molecule has 2 rings (SSSR count). The molecule has 2 N–H and O–H groups in total. The van der Waals surface area contributed by atoms with Gasteiger partial charge < -0.3 is 5.73 Å². The largest absolute Gasteiger partial charge is 0.330 e. The van der Waals surface area contributed by atoms with E-state index < -0.39 is 0 Å². The molecule has 1 aliphatic carbocycles. The van der Waals surface area contributed by atoms with Gasteiger partial charge in [0.15, 0.2) is 0 Å². The molecule has 16 heavy (non-hydrogen) atoms. The summed E-state index contributed by atoms with van der Waals surface area (Å²) in [6.45, 7) is 5.27. The van der Waals surface area contributed by atoms with Gasteiger partial charge in [-0.1, -0.05) is 19.8 Å². The Labute approximate surface area is 102 Å². The molecule has 1 saturated carbocycles. The first kappa shape index (κ1) is 12.1. The highest BCUT2D eigenvalue weighted by Gasteiger charge is 2.34. The van der Waals surface area contributed by atoms with Gasteiger partial charge in [-0.05, 0) is 44.1 Å². The van der Waals surface area contributed by atoms with Crippen molar-refractivity contribution < 1.29 is 0 Å². The van der Waals surface area contributed by atoms with Gasteiger partial charge >= 0.3 is 0 Å². The first-order valence-corrected chi connectivity index (χ1v) is 7.07. The Bertz CT molecular complexity index is 347. The lowest BCUT2D eigenvalue weighted by molar-refractivity contribution is 0.155. The number of nitrogens with two attached hydrogens (primary N) is 1. The van der Waals surface area contributed by atoms with Crippen LogP contribution in [0.3, 0.4) is 0 Å². The molecule has 1 aromatic heterocycles. The molecule has 0 amide bonds. The highest BCUT2D eigenvalue weighted by molar-refractivity contribution is 7.11. The van der Waals surface area contributed by atoms with E-state index in [4.69, 9.17) is 5.73 Å². The van der Waals surface area contributed by atoms with E-state index in [0.29, 0.717) is 5.41 Å². The molecule has 2 unspecified atom stereocenters. The summed E-state index contributed by atoms with van der Waals surface area (Å²) in [6, 6.07) is 0. The molecule has 2 nitrogen and oxygen atoms in total. The zero-order valence-electron chi connectivity index (χ0n) is 10.3. The topological polar surface area (TPSA) is 38.9 Å². The third kappa shape index (κ3) is 2.64. The minimum Gasteiger partial charge on any atom is -0.330 e. The third-order valence-electron chi connectivity index (χ3n) is 3.84. The number of hydrogen-bond acceptors (Lipinski definition) is 3. The maximum Gasteiger partial charge on any atom is 0.0896 e. The number of thiazole rings is 1. The van der Waals surface area contributed by atoms with E-state index in [1.807, 2.05) is 17.5 Å². The number of aryl methyl sites for hydroxylation is 1. The fraction of sp³-hybridized carbons (Fsp3) is 0.769. The maximum absolute atomic E-state index is 6.04. The van der Waals surface area contributed by atoms with Gasteiger partial charge in [0.2, 0.25) is 0 Å². The van der Waals surface area contributed by atoms with Crippen LogP contribution in [-0.4, -0.2) is 11.5 Å². The molecule has 1 fully saturated rings. The lowest BCUT2D eigenvalue weighted by Gasteiger charge is -2.39. The molecule has 90 valence electrons. The summed E-state index contributed by atoms with van der Waals surface area (Å²) in [5.41, 5.74) is 6.40. The first-order chi connectivity index (χ1) is 7.63. The summed E-state index contributed by atoms with van der Waals surface area (Å²) in [5.74, 6) is 0.839. The van der Waals surface area contributed by atoms with Crippen LogP contribution in [-0.2, 0) is 6.42 Å². The van der Waals surface area contributed by atoms with Gasteiger partial charge in [-0.2, -0.15) is 0 Å². The lowest BCUT2D eigenvalue weighted by Crippen LogP contribution is -2.37. The van der Waals surface area contributed by atoms with Gasteiger partial charge in [0.1, 0.15) is 0 Å². The Morgan fingerprint density at radius 2 is 2.44 bits per heavy atom. The van der Waals surface area contributed by atoms with E-state index in [1.165, 1.54) is 35.6 Å². The van der Waals surface area contributed by atoms with Crippen LogP contribution in [0.15, 0.2) is 6.20 Å². The predicted molar refractivity (Wildman–Crippen MR) is 69.7 cm³/mol. The minimum absolute atomic E-state index is 0.358. The van der Waals surface area contributed by atoms with Gasteiger partial charge in [0, 0.05) is 11.1 Å². The van der Waals surface area contributed by atoms with Crippen LogP contribution in [0.2, 0.25) is 0 Å². The smallest absolute Gasteiger partial charge is 0.0896 e. The molecular formula is C13H22N2S. The minimum atomic E-state index is 0.358. The zero-order valence-corrected chi connectivity index (χ0v) is 11.1. The van der Waals surface area contributed by atoms with Gasteiger partial charge in [-0.25, -0.2) is 4.98 Å². The van der Waals surface area contributed by atoms with Crippen molar-refractivity contribution >= 4 is 11.3 Å². The molecule has 3 heteroatoms. The molecule has 2 atom stereocenters. The van der Waals surface area contributed by atoms with Crippen LogP contribution in [0, 0.1) is 18.3 Å². The van der Waals surface area contributed by atoms with Crippen molar-refractivity contribution in [2.75, 3.05) is 6.54 Å². The Balaban J connectivity index is 2.09. The van der Waals surface area contributed by atoms with Crippen LogP contribution in [0.1, 0.15) is 42.5 Å². The average Bonchev–Trinajstić information content (AvgIpc) is 2.64. The fourth-order valence-electron chi connectivity index (χ4n) is 3.04. The molecule has 0 bridgehead atoms. The summed E-state index contributed by atoms with van der Waals surface area (Å²) in [5, 5.41) is 1.17. The Morgan fingerprint density at radius 3 is 3.00 bits per heavy atom. The second-order valence-corrected chi connectivity index (χ2v) is 6.75. The zero-order chi connectivity index (χ0) is 11.6. The van der Waals surface area contributed by atoms with Crippen molar-refractivity contribution in [2.45, 2.75) is 46.0 Å². The van der Waals surface area contributed by atoms with Crippen LogP contribution in [0.4, 0.5) is 0 Å². The van der Waals surface area contributed by atoms with Crippen LogP contribution in [0.5, 0.6) is 0 Å². The monoisotopic (exact) mass is 238 g/mol. The maximum atomic E-state index is 6.04. The standard InChI is InChI=1S/C13H22N2S/c1-10-4-3-5-13(6-10,9-14)7-12-8-15-11(2)16-12/h8,10H,3-7,9,14H2,1-2H3. The molecule has 1 aliphatic rings. The van der Waals surface area contributed by atoms with Crippen LogP contribution in [0.25, 0.3) is 0 Å². The van der Waals surface area contributed by atoms with E-state index in [1.54, 1.807) is 0 Å². The first-order valence-electron chi connectivity index (χ1n) is 6.25. The van der Waals surface area contributed by atoms with E-state index in [0.717, 1.165) is 18.9 Å². The van der Waals surface area contributed by atoms with Gasteiger partial charge in [-0.15, -0.1) is 11.3 Å². The Hall–Kier alpha value is -0.410. The molecule has 0 aliphatic heterocycles. The highest BCUT2D eigenvalue weighted by Crippen LogP contribution is 2.41. The van der Waals surface area contributed by atoms with E-state index in [2.05, 4.69) is 18.8 Å². The van der Waals surface area contributed by atoms with Crippen molar-refractivity contribution in [1.82, 2.24) is 4.98 Å². The Kier molecular flexibility index (Phi) is 3.65. The van der Waals surface area contributed by atoms with Crippen molar-refractivity contribution in [1.29, 1.82) is 0 Å². The van der Waals surface area contributed by atoms with Crippen molar-refractivity contribution in [3.05, 3.63) is 16.1 Å². The quantitative estimate of drug-likeness (QED) is 0.878. The summed E-state index contributed by atoms with van der Waals surface area (Å²) in [6.07, 6.45) is 8.49. The fourth-order valence-corrected chi connectivity index (χ4v) is 4.01. The molecule has 1 heterocycles. The van der Waals surface area contributed by atoms with E-state index >= 15 is 0 Å². The summed E-state index contributed by atoms with van der Waals surface area (Å²) in [4.78, 5) is 5.76. The molecule has 1 aromatic rings. The van der Waals surface area contributed by atoms with Gasteiger partial charge in [-0.3, -0.25) is 0 Å². The van der Waals surface area contributed by atoms with Crippen LogP contribution >= 0.6 is 11.3 Å². The third-order valence-corrected chi connectivity index (χ3v) is 4.75. The second kappa shape index (κ2) is 4.84. The van der Waals surface area contributed by atoms with E-state index in [9.17, 15) is 0 Å². The van der Waals surface area contributed by atoms with Crippen molar-refractivity contribution in [2.24, 2.45) is 17.1 Å². The van der Waals surface area contributed by atoms with Crippen LogP contribution < -0.4 is 5.73 Å². The molecule has 0 spiro atoms. The Morgan fingerprint density at radius 1 is 1.62 bits per heavy atom. The summed E-state index contributed by atoms with van der Waals surface area (Å²) >= 11 is 1.83. The number of aromatic nitrogens is 1. The van der Waals surface area contributed by atoms with Crippen molar-refractivity contribution in [3.8, 4) is 0 Å². The van der Waals surface area contributed by atoms with Gasteiger partial charge in [0.25, 0.3) is 0 Å². The van der Waals surface area contributed by atoms with E-state index in [-0.39, 0.29) is 0 Å². The highest BCUT2D eigenvalue weighted by atomic mass is 32.1. The molecular weight excluding hydrogens is 216 g/mol. The lowest BCUT2D eigenvalue weighted by atomic mass is 9.68. The molecule has 0 radical (unpaired) electrons. The number of nitrogens with zero attached hydrogens (tertiary/aromatic N) is 1. The second-order valence-electron chi connectivity index (χ2n) is 5.43. The SMILES string of the molecule is Cc1ncc(CC2(CN)CCCC(C)C2)s1. The predicted octanol–water partition coefficient (Wildman–Crippen LogP) is 3.15.